The van der Waals surface area contributed by atoms with Crippen molar-refractivity contribution in [1.82, 2.24) is 4.72 Å². The first-order valence-electron chi connectivity index (χ1n) is 6.24. The number of rotatable bonds is 4. The quantitative estimate of drug-likeness (QED) is 0.882. The van der Waals surface area contributed by atoms with Crippen LogP contribution < -0.4 is 4.72 Å². The number of nitrogens with one attached hydrogen (secondary N) is 1. The van der Waals surface area contributed by atoms with Gasteiger partial charge in [0.05, 0.1) is 11.0 Å². The Morgan fingerprint density at radius 1 is 1.32 bits per heavy atom. The summed E-state index contributed by atoms with van der Waals surface area (Å²) in [6.07, 6.45) is 0.956. The average Bonchev–Trinajstić information content (AvgIpc) is 2.20. The van der Waals surface area contributed by atoms with Gasteiger partial charge in [-0.05, 0) is 55.9 Å². The highest BCUT2D eigenvalue weighted by atomic mass is 32.2. The van der Waals surface area contributed by atoms with Crippen LogP contribution in [0.5, 0.6) is 0 Å². The number of sulfonamides is 1. The molecule has 1 aromatic rings. The summed E-state index contributed by atoms with van der Waals surface area (Å²) in [5.74, 6) is -0.248. The minimum Gasteiger partial charge on any atom is -0.393 e. The number of aliphatic hydroxyl groups excluding tert-OH is 1. The number of halogens is 1. The van der Waals surface area contributed by atoms with Crippen LogP contribution in [-0.4, -0.2) is 26.2 Å². The lowest BCUT2D eigenvalue weighted by atomic mass is 9.83. The average molecular weight is 287 g/mol. The zero-order valence-electron chi connectivity index (χ0n) is 11.0. The van der Waals surface area contributed by atoms with E-state index >= 15 is 0 Å². The minimum absolute atomic E-state index is 0.147. The highest BCUT2D eigenvalue weighted by molar-refractivity contribution is 7.89. The van der Waals surface area contributed by atoms with Crippen LogP contribution in [0, 0.1) is 25.6 Å². The second kappa shape index (κ2) is 5.19. The fraction of sp³-hybridized carbons (Fsp3) is 0.538. The van der Waals surface area contributed by atoms with E-state index in [2.05, 4.69) is 4.72 Å². The summed E-state index contributed by atoms with van der Waals surface area (Å²) >= 11 is 0. The third-order valence-electron chi connectivity index (χ3n) is 3.47. The van der Waals surface area contributed by atoms with Gasteiger partial charge in [-0.15, -0.1) is 0 Å². The smallest absolute Gasteiger partial charge is 0.241 e. The lowest BCUT2D eigenvalue weighted by molar-refractivity contribution is 0.0453. The molecule has 0 heterocycles. The Kier molecular flexibility index (Phi) is 3.94. The van der Waals surface area contributed by atoms with Gasteiger partial charge in [-0.3, -0.25) is 0 Å². The standard InChI is InChI=1S/C13H18FNO3S/c1-8-3-11(14)4-9(2)13(8)19(17,18)15-7-10-5-12(16)6-10/h3-4,10,12,15-16H,5-7H2,1-2H3. The fourth-order valence-corrected chi connectivity index (χ4v) is 4.05. The summed E-state index contributed by atoms with van der Waals surface area (Å²) in [6.45, 7) is 3.48. The van der Waals surface area contributed by atoms with Crippen molar-refractivity contribution in [2.45, 2.75) is 37.7 Å². The Hall–Kier alpha value is -0.980. The van der Waals surface area contributed by atoms with Crippen molar-refractivity contribution in [1.29, 1.82) is 0 Å². The zero-order valence-corrected chi connectivity index (χ0v) is 11.8. The predicted octanol–water partition coefficient (Wildman–Crippen LogP) is 1.49. The van der Waals surface area contributed by atoms with Gasteiger partial charge in [0, 0.05) is 6.54 Å². The van der Waals surface area contributed by atoms with E-state index in [9.17, 15) is 12.8 Å². The second-order valence-electron chi connectivity index (χ2n) is 5.21. The van der Waals surface area contributed by atoms with Crippen molar-refractivity contribution >= 4 is 10.0 Å². The van der Waals surface area contributed by atoms with Crippen molar-refractivity contribution in [3.8, 4) is 0 Å². The monoisotopic (exact) mass is 287 g/mol. The third-order valence-corrected chi connectivity index (χ3v) is 5.19. The van der Waals surface area contributed by atoms with Crippen molar-refractivity contribution in [2.24, 2.45) is 5.92 Å². The molecule has 1 aliphatic rings. The lowest BCUT2D eigenvalue weighted by Crippen LogP contribution is -2.38. The topological polar surface area (TPSA) is 66.4 Å². The summed E-state index contributed by atoms with van der Waals surface area (Å²) < 4.78 is 40.1. The third kappa shape index (κ3) is 3.13. The molecule has 2 N–H and O–H groups in total. The van der Waals surface area contributed by atoms with Gasteiger partial charge in [-0.1, -0.05) is 0 Å². The molecule has 0 unspecified atom stereocenters. The highest BCUT2D eigenvalue weighted by Crippen LogP contribution is 2.27. The summed E-state index contributed by atoms with van der Waals surface area (Å²) in [4.78, 5) is 0.147. The number of aryl methyl sites for hydroxylation is 2. The lowest BCUT2D eigenvalue weighted by Gasteiger charge is -2.31. The van der Waals surface area contributed by atoms with Gasteiger partial charge in [0.15, 0.2) is 0 Å². The molecule has 0 radical (unpaired) electrons. The number of hydrogen-bond donors (Lipinski definition) is 2. The number of benzene rings is 1. The number of hydrogen-bond acceptors (Lipinski definition) is 3. The van der Waals surface area contributed by atoms with Crippen LogP contribution in [0.25, 0.3) is 0 Å². The first kappa shape index (κ1) is 14.4. The fourth-order valence-electron chi connectivity index (χ4n) is 2.49. The van der Waals surface area contributed by atoms with Gasteiger partial charge < -0.3 is 5.11 Å². The molecule has 1 aliphatic carbocycles. The van der Waals surface area contributed by atoms with Gasteiger partial charge in [0.25, 0.3) is 0 Å². The maximum Gasteiger partial charge on any atom is 0.241 e. The van der Waals surface area contributed by atoms with Crippen LogP contribution in [0.4, 0.5) is 4.39 Å². The maximum absolute atomic E-state index is 13.2. The van der Waals surface area contributed by atoms with Crippen molar-refractivity contribution < 1.29 is 17.9 Å². The van der Waals surface area contributed by atoms with E-state index < -0.39 is 15.8 Å². The Labute approximate surface area is 112 Å². The van der Waals surface area contributed by atoms with Crippen LogP contribution in [0.15, 0.2) is 17.0 Å². The first-order chi connectivity index (χ1) is 8.79. The van der Waals surface area contributed by atoms with Crippen molar-refractivity contribution in [3.63, 3.8) is 0 Å². The molecule has 0 aromatic heterocycles. The molecule has 19 heavy (non-hydrogen) atoms. The highest BCUT2D eigenvalue weighted by Gasteiger charge is 2.29. The molecule has 1 saturated carbocycles. The molecule has 6 heteroatoms. The predicted molar refractivity (Wildman–Crippen MR) is 69.8 cm³/mol. The minimum atomic E-state index is -3.63. The van der Waals surface area contributed by atoms with E-state index in [1.807, 2.05) is 0 Å². The molecule has 0 bridgehead atoms. The molecule has 1 aromatic carbocycles. The summed E-state index contributed by atoms with van der Waals surface area (Å²) in [6, 6.07) is 2.43. The van der Waals surface area contributed by atoms with Gasteiger partial charge >= 0.3 is 0 Å². The summed E-state index contributed by atoms with van der Waals surface area (Å²) in [5, 5.41) is 9.16. The molecule has 0 spiro atoms. The molecule has 1 fully saturated rings. The normalized spacial score (nSPS) is 23.2. The van der Waals surface area contributed by atoms with Gasteiger partial charge in [0.1, 0.15) is 5.82 Å². The SMILES string of the molecule is Cc1cc(F)cc(C)c1S(=O)(=O)NCC1CC(O)C1. The molecule has 0 atom stereocenters. The van der Waals surface area contributed by atoms with Gasteiger partial charge in [0.2, 0.25) is 10.0 Å². The summed E-state index contributed by atoms with van der Waals surface area (Å²) in [5.41, 5.74) is 0.803. The first-order valence-corrected chi connectivity index (χ1v) is 7.72. The molecule has 0 amide bonds. The van der Waals surface area contributed by atoms with E-state index in [-0.39, 0.29) is 16.9 Å². The molecule has 0 saturated heterocycles. The van der Waals surface area contributed by atoms with Gasteiger partial charge in [-0.2, -0.15) is 0 Å². The van der Waals surface area contributed by atoms with Crippen molar-refractivity contribution in [2.75, 3.05) is 6.54 Å². The molecule has 2 rings (SSSR count). The zero-order chi connectivity index (χ0) is 14.2. The van der Waals surface area contributed by atoms with Crippen molar-refractivity contribution in [3.05, 3.63) is 29.1 Å². The van der Waals surface area contributed by atoms with E-state index in [4.69, 9.17) is 5.11 Å². The Bertz CT molecular complexity index is 557. The Balaban J connectivity index is 2.15. The molecular weight excluding hydrogens is 269 g/mol. The summed E-state index contributed by atoms with van der Waals surface area (Å²) in [7, 11) is -3.63. The van der Waals surface area contributed by atoms with Crippen LogP contribution in [-0.2, 0) is 10.0 Å². The molecule has 106 valence electrons. The van der Waals surface area contributed by atoms with E-state index in [0.717, 1.165) is 0 Å². The van der Waals surface area contributed by atoms with E-state index in [1.165, 1.54) is 12.1 Å². The molecule has 4 nitrogen and oxygen atoms in total. The van der Waals surface area contributed by atoms with E-state index in [1.54, 1.807) is 13.8 Å². The Morgan fingerprint density at radius 2 is 1.84 bits per heavy atom. The second-order valence-corrected chi connectivity index (χ2v) is 6.92. The molecular formula is C13H18FNO3S. The van der Waals surface area contributed by atoms with Crippen LogP contribution in [0.3, 0.4) is 0 Å². The van der Waals surface area contributed by atoms with Crippen LogP contribution >= 0.6 is 0 Å². The number of aliphatic hydroxyl groups is 1. The van der Waals surface area contributed by atoms with Crippen LogP contribution in [0.1, 0.15) is 24.0 Å². The largest absolute Gasteiger partial charge is 0.393 e. The maximum atomic E-state index is 13.2. The molecule has 0 aliphatic heterocycles. The van der Waals surface area contributed by atoms with Gasteiger partial charge in [-0.25, -0.2) is 17.5 Å². The van der Waals surface area contributed by atoms with Crippen LogP contribution in [0.2, 0.25) is 0 Å². The Morgan fingerprint density at radius 3 is 2.32 bits per heavy atom. The van der Waals surface area contributed by atoms with E-state index in [0.29, 0.717) is 30.5 Å².